The van der Waals surface area contributed by atoms with Gasteiger partial charge in [0.15, 0.2) is 0 Å². The Morgan fingerprint density at radius 1 is 1.57 bits per heavy atom. The van der Waals surface area contributed by atoms with Crippen molar-refractivity contribution in [2.45, 2.75) is 25.9 Å². The maximum atomic E-state index is 5.34. The van der Waals surface area contributed by atoms with Gasteiger partial charge in [-0.15, -0.1) is 0 Å². The summed E-state index contributed by atoms with van der Waals surface area (Å²) in [5, 5.41) is 3.50. The van der Waals surface area contributed by atoms with Crippen molar-refractivity contribution in [3.8, 4) is 0 Å². The molecule has 0 aliphatic carbocycles. The smallest absolute Gasteiger partial charge is 0.117 e. The van der Waals surface area contributed by atoms with Crippen molar-refractivity contribution in [1.29, 1.82) is 0 Å². The Labute approximate surface area is 85.1 Å². The van der Waals surface area contributed by atoms with Crippen LogP contribution in [0.5, 0.6) is 0 Å². The normalized spacial score (nSPS) is 22.4. The summed E-state index contributed by atoms with van der Waals surface area (Å²) in [6.45, 7) is 8.65. The Hall–Kier alpha value is -0.800. The molecule has 78 valence electrons. The lowest BCUT2D eigenvalue weighted by molar-refractivity contribution is 0.140. The Bertz CT molecular complexity index is 279. The molecule has 1 fully saturated rings. The molecule has 1 aliphatic heterocycles. The minimum absolute atomic E-state index is 0.227. The lowest BCUT2D eigenvalue weighted by Crippen LogP contribution is -2.56. The summed E-state index contributed by atoms with van der Waals surface area (Å²) >= 11 is 0. The lowest BCUT2D eigenvalue weighted by atomic mass is 10.0. The van der Waals surface area contributed by atoms with E-state index in [1.165, 1.54) is 0 Å². The van der Waals surface area contributed by atoms with E-state index < -0.39 is 0 Å². The van der Waals surface area contributed by atoms with E-state index in [1.54, 1.807) is 6.26 Å². The van der Waals surface area contributed by atoms with Crippen LogP contribution >= 0.6 is 0 Å². The first-order valence-electron chi connectivity index (χ1n) is 5.15. The van der Waals surface area contributed by atoms with Gasteiger partial charge in [-0.1, -0.05) is 0 Å². The number of hydrogen-bond donors (Lipinski definition) is 1. The van der Waals surface area contributed by atoms with Crippen molar-refractivity contribution in [3.63, 3.8) is 0 Å². The highest BCUT2D eigenvalue weighted by atomic mass is 16.3. The van der Waals surface area contributed by atoms with Gasteiger partial charge in [-0.05, 0) is 26.0 Å². The van der Waals surface area contributed by atoms with Crippen molar-refractivity contribution < 1.29 is 4.42 Å². The number of furan rings is 1. The molecule has 1 aromatic rings. The second-order valence-corrected chi connectivity index (χ2v) is 4.60. The van der Waals surface area contributed by atoms with E-state index in [0.29, 0.717) is 0 Å². The summed E-state index contributed by atoms with van der Waals surface area (Å²) in [5.74, 6) is 1.06. The molecular weight excluding hydrogens is 176 g/mol. The fourth-order valence-electron chi connectivity index (χ4n) is 2.00. The summed E-state index contributed by atoms with van der Waals surface area (Å²) in [7, 11) is 0. The van der Waals surface area contributed by atoms with E-state index in [-0.39, 0.29) is 5.54 Å². The quantitative estimate of drug-likeness (QED) is 0.772. The predicted octanol–water partition coefficient (Wildman–Crippen LogP) is 1.46. The Morgan fingerprint density at radius 2 is 2.43 bits per heavy atom. The highest BCUT2D eigenvalue weighted by Crippen LogP contribution is 2.13. The van der Waals surface area contributed by atoms with Crippen LogP contribution in [-0.2, 0) is 6.54 Å². The van der Waals surface area contributed by atoms with Gasteiger partial charge in [-0.25, -0.2) is 0 Å². The average Bonchev–Trinajstić information content (AvgIpc) is 2.54. The number of rotatable bonds is 2. The van der Waals surface area contributed by atoms with Crippen LogP contribution in [0.1, 0.15) is 19.6 Å². The second-order valence-electron chi connectivity index (χ2n) is 4.60. The topological polar surface area (TPSA) is 28.4 Å². The molecule has 0 aromatic carbocycles. The third-order valence-electron chi connectivity index (χ3n) is 2.61. The summed E-state index contributed by atoms with van der Waals surface area (Å²) in [6, 6.07) is 3.98. The third-order valence-corrected chi connectivity index (χ3v) is 2.61. The Morgan fingerprint density at radius 3 is 3.07 bits per heavy atom. The second kappa shape index (κ2) is 3.75. The van der Waals surface area contributed by atoms with Crippen LogP contribution in [0.3, 0.4) is 0 Å². The summed E-state index contributed by atoms with van der Waals surface area (Å²) < 4.78 is 5.34. The summed E-state index contributed by atoms with van der Waals surface area (Å²) in [6.07, 6.45) is 1.74. The molecule has 2 heterocycles. The van der Waals surface area contributed by atoms with E-state index >= 15 is 0 Å². The van der Waals surface area contributed by atoms with Crippen molar-refractivity contribution in [1.82, 2.24) is 10.2 Å². The van der Waals surface area contributed by atoms with E-state index in [4.69, 9.17) is 4.42 Å². The molecule has 0 spiro atoms. The van der Waals surface area contributed by atoms with Gasteiger partial charge in [-0.2, -0.15) is 0 Å². The minimum atomic E-state index is 0.227. The van der Waals surface area contributed by atoms with Gasteiger partial charge >= 0.3 is 0 Å². The number of nitrogens with one attached hydrogen (secondary N) is 1. The first kappa shape index (κ1) is 9.74. The zero-order chi connectivity index (χ0) is 10.0. The van der Waals surface area contributed by atoms with Crippen LogP contribution in [0, 0.1) is 0 Å². The average molecular weight is 194 g/mol. The van der Waals surface area contributed by atoms with Gasteiger partial charge in [0, 0.05) is 25.2 Å². The molecular formula is C11H18N2O. The highest BCUT2D eigenvalue weighted by Gasteiger charge is 2.25. The molecule has 0 bridgehead atoms. The SMILES string of the molecule is CC1(C)CN(Cc2ccco2)CCN1. The molecule has 1 N–H and O–H groups in total. The lowest BCUT2D eigenvalue weighted by Gasteiger charge is -2.38. The molecule has 14 heavy (non-hydrogen) atoms. The van der Waals surface area contributed by atoms with E-state index in [0.717, 1.165) is 31.9 Å². The molecule has 1 aromatic heterocycles. The van der Waals surface area contributed by atoms with Crippen LogP contribution in [0.25, 0.3) is 0 Å². The number of piperazine rings is 1. The molecule has 3 heteroatoms. The van der Waals surface area contributed by atoms with E-state index in [2.05, 4.69) is 24.1 Å². The minimum Gasteiger partial charge on any atom is -0.468 e. The zero-order valence-corrected chi connectivity index (χ0v) is 8.92. The molecule has 3 nitrogen and oxygen atoms in total. The zero-order valence-electron chi connectivity index (χ0n) is 8.92. The first-order chi connectivity index (χ1) is 6.66. The first-order valence-corrected chi connectivity index (χ1v) is 5.15. The van der Waals surface area contributed by atoms with Crippen molar-refractivity contribution in [3.05, 3.63) is 24.2 Å². The summed E-state index contributed by atoms with van der Waals surface area (Å²) in [5.41, 5.74) is 0.227. The van der Waals surface area contributed by atoms with Crippen LogP contribution in [0.2, 0.25) is 0 Å². The molecule has 0 unspecified atom stereocenters. The molecule has 1 saturated heterocycles. The van der Waals surface area contributed by atoms with Gasteiger partial charge < -0.3 is 9.73 Å². The fourth-order valence-corrected chi connectivity index (χ4v) is 2.00. The predicted molar refractivity (Wildman–Crippen MR) is 56.1 cm³/mol. The molecule has 0 atom stereocenters. The largest absolute Gasteiger partial charge is 0.468 e. The molecule has 2 rings (SSSR count). The molecule has 0 saturated carbocycles. The fraction of sp³-hybridized carbons (Fsp3) is 0.636. The number of hydrogen-bond acceptors (Lipinski definition) is 3. The molecule has 0 radical (unpaired) electrons. The maximum Gasteiger partial charge on any atom is 0.117 e. The Balaban J connectivity index is 1.92. The van der Waals surface area contributed by atoms with Crippen molar-refractivity contribution in [2.24, 2.45) is 0 Å². The molecule has 1 aliphatic rings. The van der Waals surface area contributed by atoms with Crippen LogP contribution in [0.4, 0.5) is 0 Å². The van der Waals surface area contributed by atoms with Crippen molar-refractivity contribution in [2.75, 3.05) is 19.6 Å². The number of nitrogens with zero attached hydrogens (tertiary/aromatic N) is 1. The summed E-state index contributed by atoms with van der Waals surface area (Å²) in [4.78, 5) is 2.43. The van der Waals surface area contributed by atoms with Crippen LogP contribution in [0.15, 0.2) is 22.8 Å². The van der Waals surface area contributed by atoms with Crippen LogP contribution in [-0.4, -0.2) is 30.1 Å². The molecule has 0 amide bonds. The van der Waals surface area contributed by atoms with Gasteiger partial charge in [-0.3, -0.25) is 4.90 Å². The van der Waals surface area contributed by atoms with E-state index in [9.17, 15) is 0 Å². The highest BCUT2D eigenvalue weighted by molar-refractivity contribution is 4.99. The maximum absolute atomic E-state index is 5.34. The third kappa shape index (κ3) is 2.36. The Kier molecular flexibility index (Phi) is 2.61. The van der Waals surface area contributed by atoms with E-state index in [1.807, 2.05) is 12.1 Å². The van der Waals surface area contributed by atoms with Crippen molar-refractivity contribution >= 4 is 0 Å². The van der Waals surface area contributed by atoms with Crippen LogP contribution < -0.4 is 5.32 Å². The van der Waals surface area contributed by atoms with Gasteiger partial charge in [0.2, 0.25) is 0 Å². The standard InChI is InChI=1S/C11H18N2O/c1-11(2)9-13(6-5-12-11)8-10-4-3-7-14-10/h3-4,7,12H,5-6,8-9H2,1-2H3. The van der Waals surface area contributed by atoms with Gasteiger partial charge in [0.05, 0.1) is 12.8 Å². The van der Waals surface area contributed by atoms with Gasteiger partial charge in [0.1, 0.15) is 5.76 Å². The monoisotopic (exact) mass is 194 g/mol. The van der Waals surface area contributed by atoms with Gasteiger partial charge in [0.25, 0.3) is 0 Å².